The van der Waals surface area contributed by atoms with Crippen molar-refractivity contribution < 1.29 is 14.6 Å². The number of aromatic nitrogens is 1. The fourth-order valence-electron chi connectivity index (χ4n) is 4.44. The molecule has 3 unspecified atom stereocenters. The van der Waals surface area contributed by atoms with Gasteiger partial charge in [0.1, 0.15) is 0 Å². The molecule has 3 aromatic rings. The third-order valence-corrected chi connectivity index (χ3v) is 6.58. The molecule has 5 heteroatoms. The van der Waals surface area contributed by atoms with E-state index in [0.717, 1.165) is 48.0 Å². The van der Waals surface area contributed by atoms with E-state index in [0.29, 0.717) is 11.4 Å². The first-order chi connectivity index (χ1) is 15.9. The Morgan fingerprint density at radius 3 is 2.70 bits per heavy atom. The highest BCUT2D eigenvalue weighted by molar-refractivity contribution is 6.31. The molecule has 1 aliphatic rings. The van der Waals surface area contributed by atoms with Crippen LogP contribution in [-0.4, -0.2) is 28.6 Å². The van der Waals surface area contributed by atoms with Crippen molar-refractivity contribution in [1.29, 1.82) is 0 Å². The van der Waals surface area contributed by atoms with E-state index in [1.807, 2.05) is 80.6 Å². The van der Waals surface area contributed by atoms with Gasteiger partial charge < -0.3 is 14.6 Å². The quantitative estimate of drug-likeness (QED) is 0.390. The van der Waals surface area contributed by atoms with Crippen molar-refractivity contribution in [3.05, 3.63) is 83.0 Å². The van der Waals surface area contributed by atoms with Crippen molar-refractivity contribution in [3.63, 3.8) is 0 Å². The Morgan fingerprint density at radius 2 is 1.94 bits per heavy atom. The van der Waals surface area contributed by atoms with Gasteiger partial charge in [0.05, 0.1) is 22.9 Å². The molecule has 1 aromatic heterocycles. The fraction of sp³-hybridized carbons (Fsp3) is 0.393. The molecule has 1 saturated heterocycles. The Labute approximate surface area is 201 Å². The lowest BCUT2D eigenvalue weighted by Gasteiger charge is -2.40. The van der Waals surface area contributed by atoms with Gasteiger partial charge in [-0.1, -0.05) is 60.1 Å². The lowest BCUT2D eigenvalue weighted by Crippen LogP contribution is -2.42. The van der Waals surface area contributed by atoms with Crippen molar-refractivity contribution in [1.82, 2.24) is 4.98 Å². The minimum atomic E-state index is -0.669. The van der Waals surface area contributed by atoms with E-state index in [2.05, 4.69) is 6.08 Å². The first-order valence-electron chi connectivity index (χ1n) is 11.7. The second-order valence-electron chi connectivity index (χ2n) is 9.19. The lowest BCUT2D eigenvalue weighted by atomic mass is 9.80. The van der Waals surface area contributed by atoms with Crippen LogP contribution in [0.25, 0.3) is 17.0 Å². The van der Waals surface area contributed by atoms with Crippen LogP contribution >= 0.6 is 11.6 Å². The predicted molar refractivity (Wildman–Crippen MR) is 134 cm³/mol. The maximum absolute atomic E-state index is 11.3. The Balaban J connectivity index is 1.54. The molecule has 0 spiro atoms. The number of fused-ring (bicyclic) bond motifs is 1. The highest BCUT2D eigenvalue weighted by Gasteiger charge is 2.38. The number of benzene rings is 2. The number of pyridine rings is 1. The van der Waals surface area contributed by atoms with Crippen LogP contribution in [0.15, 0.2) is 66.7 Å². The van der Waals surface area contributed by atoms with E-state index >= 15 is 0 Å². The second-order valence-corrected chi connectivity index (χ2v) is 9.63. The zero-order valence-corrected chi connectivity index (χ0v) is 20.0. The molecule has 174 valence electrons. The number of halogens is 1. The van der Waals surface area contributed by atoms with Crippen molar-refractivity contribution >= 4 is 28.6 Å². The molecule has 2 heterocycles. The van der Waals surface area contributed by atoms with Crippen molar-refractivity contribution in [3.8, 4) is 0 Å². The Bertz CT molecular complexity index is 1080. The summed E-state index contributed by atoms with van der Waals surface area (Å²) in [6, 6.07) is 19.5. The van der Waals surface area contributed by atoms with E-state index < -0.39 is 11.7 Å². The molecular formula is C28H32ClNO3. The summed E-state index contributed by atoms with van der Waals surface area (Å²) >= 11 is 6.13. The minimum Gasteiger partial charge on any atom is -0.388 e. The van der Waals surface area contributed by atoms with E-state index in [4.69, 9.17) is 26.1 Å². The number of allylic oxidation sites excluding steroid dienone is 1. The highest BCUT2D eigenvalue weighted by atomic mass is 35.5. The van der Waals surface area contributed by atoms with Crippen LogP contribution in [-0.2, 0) is 9.47 Å². The molecule has 0 bridgehead atoms. The SMILES string of the molecule is CC(C)(OC1CCCCO1)C(CC=Cc1ccc2ccc(Cl)cc2n1)C(O)c1ccccc1. The Morgan fingerprint density at radius 1 is 1.15 bits per heavy atom. The molecule has 0 aliphatic carbocycles. The molecule has 1 aliphatic heterocycles. The summed E-state index contributed by atoms with van der Waals surface area (Å²) in [7, 11) is 0. The third-order valence-electron chi connectivity index (χ3n) is 6.34. The molecule has 33 heavy (non-hydrogen) atoms. The largest absolute Gasteiger partial charge is 0.388 e. The normalized spacial score (nSPS) is 19.1. The first kappa shape index (κ1) is 23.9. The van der Waals surface area contributed by atoms with Gasteiger partial charge >= 0.3 is 0 Å². The number of ether oxygens (including phenoxy) is 2. The summed E-state index contributed by atoms with van der Waals surface area (Å²) in [4.78, 5) is 4.71. The summed E-state index contributed by atoms with van der Waals surface area (Å²) in [5.74, 6) is -0.170. The fourth-order valence-corrected chi connectivity index (χ4v) is 4.61. The van der Waals surface area contributed by atoms with Crippen molar-refractivity contribution in [2.24, 2.45) is 5.92 Å². The maximum Gasteiger partial charge on any atom is 0.158 e. The van der Waals surface area contributed by atoms with Crippen LogP contribution in [0.3, 0.4) is 0 Å². The number of rotatable bonds is 8. The Hall–Kier alpha value is -2.24. The second kappa shape index (κ2) is 10.8. The molecule has 0 saturated carbocycles. The first-order valence-corrected chi connectivity index (χ1v) is 12.1. The van der Waals surface area contributed by atoms with Crippen molar-refractivity contribution in [2.45, 2.75) is 57.5 Å². The number of hydrogen-bond acceptors (Lipinski definition) is 4. The van der Waals surface area contributed by atoms with Gasteiger partial charge in [-0.05, 0) is 69.4 Å². The lowest BCUT2D eigenvalue weighted by molar-refractivity contribution is -0.237. The smallest absolute Gasteiger partial charge is 0.158 e. The average Bonchev–Trinajstić information content (AvgIpc) is 2.82. The molecule has 4 rings (SSSR count). The van der Waals surface area contributed by atoms with Crippen LogP contribution in [0.2, 0.25) is 5.02 Å². The zero-order valence-electron chi connectivity index (χ0n) is 19.3. The van der Waals surface area contributed by atoms with Crippen LogP contribution < -0.4 is 0 Å². The van der Waals surface area contributed by atoms with Crippen LogP contribution in [0.5, 0.6) is 0 Å². The zero-order chi connectivity index (χ0) is 23.3. The molecular weight excluding hydrogens is 434 g/mol. The molecule has 1 fully saturated rings. The van der Waals surface area contributed by atoms with Crippen LogP contribution in [0.1, 0.15) is 56.9 Å². The standard InChI is InChI=1S/C28H32ClNO3/c1-28(2,33-26-13-6-7-18-32-26)24(27(31)21-9-4-3-5-10-21)12-8-11-23-17-15-20-14-16-22(29)19-25(20)30-23/h3-5,8-11,14-17,19,24,26-27,31H,6-7,12-13,18H2,1-2H3. The van der Waals surface area contributed by atoms with Gasteiger partial charge in [0.25, 0.3) is 0 Å². The number of aliphatic hydroxyl groups is 1. The molecule has 0 amide bonds. The van der Waals surface area contributed by atoms with Gasteiger partial charge in [-0.2, -0.15) is 0 Å². The monoisotopic (exact) mass is 465 g/mol. The number of aliphatic hydroxyl groups excluding tert-OH is 1. The number of nitrogens with zero attached hydrogens (tertiary/aromatic N) is 1. The summed E-state index contributed by atoms with van der Waals surface area (Å²) in [5, 5.41) is 13.1. The molecule has 0 radical (unpaired) electrons. The van der Waals surface area contributed by atoms with Gasteiger partial charge in [-0.3, -0.25) is 0 Å². The predicted octanol–water partition coefficient (Wildman–Crippen LogP) is 6.96. The van der Waals surface area contributed by atoms with E-state index in [1.165, 1.54) is 0 Å². The summed E-state index contributed by atoms with van der Waals surface area (Å²) in [6.07, 6.45) is 6.86. The van der Waals surface area contributed by atoms with E-state index in [-0.39, 0.29) is 12.2 Å². The summed E-state index contributed by atoms with van der Waals surface area (Å²) in [6.45, 7) is 4.82. The minimum absolute atomic E-state index is 0.170. The maximum atomic E-state index is 11.3. The summed E-state index contributed by atoms with van der Waals surface area (Å²) in [5.41, 5.74) is 2.01. The van der Waals surface area contributed by atoms with Crippen molar-refractivity contribution in [2.75, 3.05) is 6.61 Å². The van der Waals surface area contributed by atoms with Gasteiger partial charge in [0, 0.05) is 22.9 Å². The third kappa shape index (κ3) is 6.21. The van der Waals surface area contributed by atoms with Gasteiger partial charge in [0.15, 0.2) is 6.29 Å². The summed E-state index contributed by atoms with van der Waals surface area (Å²) < 4.78 is 12.2. The van der Waals surface area contributed by atoms with E-state index in [1.54, 1.807) is 0 Å². The molecule has 2 aromatic carbocycles. The molecule has 3 atom stereocenters. The molecule has 4 nitrogen and oxygen atoms in total. The van der Waals surface area contributed by atoms with Crippen LogP contribution in [0, 0.1) is 5.92 Å². The van der Waals surface area contributed by atoms with Gasteiger partial charge in [-0.25, -0.2) is 4.98 Å². The molecule has 1 N–H and O–H groups in total. The Kier molecular flexibility index (Phi) is 7.82. The highest BCUT2D eigenvalue weighted by Crippen LogP contribution is 2.38. The van der Waals surface area contributed by atoms with E-state index in [9.17, 15) is 5.11 Å². The topological polar surface area (TPSA) is 51.6 Å². The van der Waals surface area contributed by atoms with Gasteiger partial charge in [0.2, 0.25) is 0 Å². The number of hydrogen-bond donors (Lipinski definition) is 1. The van der Waals surface area contributed by atoms with Crippen LogP contribution in [0.4, 0.5) is 0 Å². The average molecular weight is 466 g/mol. The van der Waals surface area contributed by atoms with Gasteiger partial charge in [-0.15, -0.1) is 0 Å².